The molecule has 2 amide bonds. The summed E-state index contributed by atoms with van der Waals surface area (Å²) in [5, 5.41) is 3.01. The van der Waals surface area contributed by atoms with Crippen LogP contribution in [-0.2, 0) is 11.3 Å². The number of piperazine rings is 1. The number of hydrogen-bond donors (Lipinski definition) is 1. The maximum atomic E-state index is 12.6. The number of hydrogen-bond acceptors (Lipinski definition) is 4. The van der Waals surface area contributed by atoms with Crippen molar-refractivity contribution in [3.8, 4) is 5.75 Å². The normalized spacial score (nSPS) is 14.2. The Hall–Kier alpha value is -2.73. The molecule has 0 bridgehead atoms. The van der Waals surface area contributed by atoms with E-state index < -0.39 is 0 Å². The van der Waals surface area contributed by atoms with Gasteiger partial charge in [-0.1, -0.05) is 30.3 Å². The van der Waals surface area contributed by atoms with Gasteiger partial charge in [-0.2, -0.15) is 0 Å². The number of para-hydroxylation sites is 3. The van der Waals surface area contributed by atoms with E-state index in [0.29, 0.717) is 19.7 Å². The fourth-order valence-electron chi connectivity index (χ4n) is 3.16. The molecular formula is C20H25N3O3. The molecule has 1 aliphatic rings. The minimum Gasteiger partial charge on any atom is -0.495 e. The number of nitrogens with one attached hydrogen (secondary N) is 1. The molecule has 2 aromatic rings. The molecule has 3 rings (SSSR count). The van der Waals surface area contributed by atoms with Crippen LogP contribution >= 0.6 is 0 Å². The first kappa shape index (κ1) is 18.1. The van der Waals surface area contributed by atoms with Crippen LogP contribution in [0.3, 0.4) is 0 Å². The van der Waals surface area contributed by atoms with E-state index in [4.69, 9.17) is 9.47 Å². The highest BCUT2D eigenvalue weighted by atomic mass is 16.5. The molecule has 1 saturated heterocycles. The van der Waals surface area contributed by atoms with Gasteiger partial charge >= 0.3 is 6.03 Å². The second kappa shape index (κ2) is 8.58. The van der Waals surface area contributed by atoms with Crippen molar-refractivity contribution in [2.24, 2.45) is 0 Å². The molecular weight excluding hydrogens is 330 g/mol. The summed E-state index contributed by atoms with van der Waals surface area (Å²) in [4.78, 5) is 16.7. The standard InChI is InChI=1S/C20H25N3O3/c1-25-15-16-7-3-4-8-17(16)21-20(24)23-13-11-22(12-14-23)18-9-5-6-10-19(18)26-2/h3-10H,11-15H2,1-2H3,(H,21,24). The number of carbonyl (C=O) groups excluding carboxylic acids is 1. The Morgan fingerprint density at radius 1 is 1.00 bits per heavy atom. The van der Waals surface area contributed by atoms with E-state index in [1.165, 1.54) is 0 Å². The van der Waals surface area contributed by atoms with Crippen molar-refractivity contribution < 1.29 is 14.3 Å². The molecule has 26 heavy (non-hydrogen) atoms. The largest absolute Gasteiger partial charge is 0.495 e. The van der Waals surface area contributed by atoms with Crippen LogP contribution in [0.5, 0.6) is 5.75 Å². The summed E-state index contributed by atoms with van der Waals surface area (Å²) in [6.07, 6.45) is 0. The zero-order chi connectivity index (χ0) is 18.4. The average molecular weight is 355 g/mol. The molecule has 0 aromatic heterocycles. The summed E-state index contributed by atoms with van der Waals surface area (Å²) in [6.45, 7) is 3.34. The molecule has 2 aromatic carbocycles. The number of amides is 2. The Morgan fingerprint density at radius 2 is 1.69 bits per heavy atom. The average Bonchev–Trinajstić information content (AvgIpc) is 2.69. The number of nitrogens with zero attached hydrogens (tertiary/aromatic N) is 2. The molecule has 6 nitrogen and oxygen atoms in total. The Kier molecular flexibility index (Phi) is 5.96. The summed E-state index contributed by atoms with van der Waals surface area (Å²) >= 11 is 0. The Balaban J connectivity index is 1.60. The first-order valence-electron chi connectivity index (χ1n) is 8.73. The Bertz CT molecular complexity index is 743. The van der Waals surface area contributed by atoms with E-state index >= 15 is 0 Å². The van der Waals surface area contributed by atoms with Gasteiger partial charge in [-0.05, 0) is 18.2 Å². The quantitative estimate of drug-likeness (QED) is 0.895. The van der Waals surface area contributed by atoms with Gasteiger partial charge < -0.3 is 24.6 Å². The fourth-order valence-corrected chi connectivity index (χ4v) is 3.16. The van der Waals surface area contributed by atoms with Crippen LogP contribution in [0.1, 0.15) is 5.56 Å². The van der Waals surface area contributed by atoms with Gasteiger partial charge in [0, 0.05) is 44.5 Å². The third-order valence-electron chi connectivity index (χ3n) is 4.55. The lowest BCUT2D eigenvalue weighted by molar-refractivity contribution is 0.185. The van der Waals surface area contributed by atoms with Crippen LogP contribution in [0.15, 0.2) is 48.5 Å². The van der Waals surface area contributed by atoms with Gasteiger partial charge in [0.2, 0.25) is 0 Å². The van der Waals surface area contributed by atoms with Gasteiger partial charge in [0.1, 0.15) is 5.75 Å². The lowest BCUT2D eigenvalue weighted by Crippen LogP contribution is -2.50. The van der Waals surface area contributed by atoms with E-state index in [0.717, 1.165) is 35.8 Å². The summed E-state index contributed by atoms with van der Waals surface area (Å²) in [5.74, 6) is 0.860. The lowest BCUT2D eigenvalue weighted by Gasteiger charge is -2.36. The number of methoxy groups -OCH3 is 2. The summed E-state index contributed by atoms with van der Waals surface area (Å²) < 4.78 is 10.6. The van der Waals surface area contributed by atoms with Gasteiger partial charge in [-0.3, -0.25) is 0 Å². The predicted molar refractivity (Wildman–Crippen MR) is 103 cm³/mol. The molecule has 0 radical (unpaired) electrons. The molecule has 0 unspecified atom stereocenters. The topological polar surface area (TPSA) is 54.0 Å². The Labute approximate surface area is 154 Å². The molecule has 6 heteroatoms. The first-order chi connectivity index (χ1) is 12.7. The van der Waals surface area contributed by atoms with Gasteiger partial charge in [-0.15, -0.1) is 0 Å². The summed E-state index contributed by atoms with van der Waals surface area (Å²) in [5.41, 5.74) is 2.84. The van der Waals surface area contributed by atoms with E-state index in [1.807, 2.05) is 47.4 Å². The number of rotatable bonds is 5. The highest BCUT2D eigenvalue weighted by Crippen LogP contribution is 2.28. The van der Waals surface area contributed by atoms with Crippen molar-refractivity contribution in [1.82, 2.24) is 4.90 Å². The molecule has 0 aliphatic carbocycles. The SMILES string of the molecule is COCc1ccccc1NC(=O)N1CCN(c2ccccc2OC)CC1. The molecule has 1 N–H and O–H groups in total. The van der Waals surface area contributed by atoms with E-state index in [2.05, 4.69) is 16.3 Å². The Morgan fingerprint density at radius 3 is 2.42 bits per heavy atom. The van der Waals surface area contributed by atoms with Gasteiger partial charge in [0.15, 0.2) is 0 Å². The van der Waals surface area contributed by atoms with Gasteiger partial charge in [-0.25, -0.2) is 4.79 Å². The van der Waals surface area contributed by atoms with Crippen LogP contribution in [0.2, 0.25) is 0 Å². The number of anilines is 2. The van der Waals surface area contributed by atoms with E-state index in [-0.39, 0.29) is 6.03 Å². The fraction of sp³-hybridized carbons (Fsp3) is 0.350. The zero-order valence-corrected chi connectivity index (χ0v) is 15.3. The molecule has 138 valence electrons. The first-order valence-corrected chi connectivity index (χ1v) is 8.73. The van der Waals surface area contributed by atoms with Crippen LogP contribution in [0, 0.1) is 0 Å². The van der Waals surface area contributed by atoms with Gasteiger partial charge in [0.05, 0.1) is 19.4 Å². The molecule has 1 fully saturated rings. The van der Waals surface area contributed by atoms with Crippen LogP contribution < -0.4 is 15.0 Å². The second-order valence-electron chi connectivity index (χ2n) is 6.17. The lowest BCUT2D eigenvalue weighted by atomic mass is 10.2. The molecule has 0 saturated carbocycles. The molecule has 0 atom stereocenters. The monoisotopic (exact) mass is 355 g/mol. The smallest absolute Gasteiger partial charge is 0.321 e. The number of benzene rings is 2. The number of carbonyl (C=O) groups is 1. The third-order valence-corrected chi connectivity index (χ3v) is 4.55. The zero-order valence-electron chi connectivity index (χ0n) is 15.3. The van der Waals surface area contributed by atoms with E-state index in [9.17, 15) is 4.79 Å². The minimum atomic E-state index is -0.0757. The van der Waals surface area contributed by atoms with Crippen molar-refractivity contribution in [3.63, 3.8) is 0 Å². The van der Waals surface area contributed by atoms with Crippen molar-refractivity contribution in [2.45, 2.75) is 6.61 Å². The predicted octanol–water partition coefficient (Wildman–Crippen LogP) is 3.20. The minimum absolute atomic E-state index is 0.0757. The van der Waals surface area contributed by atoms with Crippen molar-refractivity contribution in [2.75, 3.05) is 50.6 Å². The van der Waals surface area contributed by atoms with Crippen LogP contribution in [-0.4, -0.2) is 51.3 Å². The molecule has 1 aliphatic heterocycles. The number of ether oxygens (including phenoxy) is 2. The number of urea groups is 1. The van der Waals surface area contributed by atoms with Gasteiger partial charge in [0.25, 0.3) is 0 Å². The summed E-state index contributed by atoms with van der Waals surface area (Å²) in [7, 11) is 3.33. The maximum Gasteiger partial charge on any atom is 0.321 e. The second-order valence-corrected chi connectivity index (χ2v) is 6.17. The maximum absolute atomic E-state index is 12.6. The van der Waals surface area contributed by atoms with Crippen LogP contribution in [0.4, 0.5) is 16.2 Å². The third kappa shape index (κ3) is 4.08. The molecule has 0 spiro atoms. The van der Waals surface area contributed by atoms with E-state index in [1.54, 1.807) is 14.2 Å². The van der Waals surface area contributed by atoms with Crippen molar-refractivity contribution in [1.29, 1.82) is 0 Å². The highest BCUT2D eigenvalue weighted by molar-refractivity contribution is 5.90. The summed E-state index contributed by atoms with van der Waals surface area (Å²) in [6, 6.07) is 15.6. The highest BCUT2D eigenvalue weighted by Gasteiger charge is 2.23. The van der Waals surface area contributed by atoms with Crippen molar-refractivity contribution in [3.05, 3.63) is 54.1 Å². The molecule has 1 heterocycles. The van der Waals surface area contributed by atoms with Crippen molar-refractivity contribution >= 4 is 17.4 Å². The van der Waals surface area contributed by atoms with Crippen LogP contribution in [0.25, 0.3) is 0 Å².